The number of nitrogens with zero attached hydrogens (tertiary/aromatic N) is 4. The lowest BCUT2D eigenvalue weighted by atomic mass is 9.82. The van der Waals surface area contributed by atoms with Crippen LogP contribution in [-0.2, 0) is 24.4 Å². The van der Waals surface area contributed by atoms with Crippen LogP contribution in [0.25, 0.3) is 0 Å². The lowest BCUT2D eigenvalue weighted by Gasteiger charge is -2.34. The largest absolute Gasteiger partial charge is 0.478 e. The minimum atomic E-state index is -4.90. The van der Waals surface area contributed by atoms with Gasteiger partial charge in [0.15, 0.2) is 11.6 Å². The van der Waals surface area contributed by atoms with Crippen molar-refractivity contribution in [2.75, 3.05) is 4.90 Å². The van der Waals surface area contributed by atoms with Gasteiger partial charge in [0.25, 0.3) is 0 Å². The number of pyridine rings is 1. The Morgan fingerprint density at radius 3 is 2.39 bits per heavy atom. The number of halogens is 4. The summed E-state index contributed by atoms with van der Waals surface area (Å²) in [6, 6.07) is 1.95. The van der Waals surface area contributed by atoms with Crippen molar-refractivity contribution < 1.29 is 37.0 Å². The molecule has 0 spiro atoms. The molecule has 0 unspecified atom stereocenters. The van der Waals surface area contributed by atoms with Crippen molar-refractivity contribution in [3.05, 3.63) is 65.1 Å². The van der Waals surface area contributed by atoms with E-state index >= 15 is 4.39 Å². The average Bonchev–Trinajstić information content (AvgIpc) is 3.29. The van der Waals surface area contributed by atoms with Crippen LogP contribution >= 0.6 is 0 Å². The number of imidazole rings is 1. The van der Waals surface area contributed by atoms with Crippen LogP contribution in [0.4, 0.5) is 23.2 Å². The maximum absolute atomic E-state index is 15.4. The van der Waals surface area contributed by atoms with Gasteiger partial charge in [-0.3, -0.25) is 4.79 Å². The molecule has 0 saturated heterocycles. The number of aromatic carboxylic acids is 1. The van der Waals surface area contributed by atoms with Crippen LogP contribution in [0.15, 0.2) is 36.8 Å². The second-order valence-corrected chi connectivity index (χ2v) is 10.8. The zero-order valence-corrected chi connectivity index (χ0v) is 23.2. The molecule has 1 aromatic carbocycles. The summed E-state index contributed by atoms with van der Waals surface area (Å²) in [6.45, 7) is 5.47. The number of aryl methyl sites for hydroxylation is 1. The predicted octanol–water partition coefficient (Wildman–Crippen LogP) is 6.62. The lowest BCUT2D eigenvalue weighted by Crippen LogP contribution is -2.43. The maximum Gasteiger partial charge on any atom is 0.421 e. The van der Waals surface area contributed by atoms with Gasteiger partial charge in [0.2, 0.25) is 11.8 Å². The molecule has 1 aliphatic carbocycles. The summed E-state index contributed by atoms with van der Waals surface area (Å²) >= 11 is 0. The van der Waals surface area contributed by atoms with E-state index in [0.717, 1.165) is 37.2 Å². The molecule has 0 radical (unpaired) electrons. The highest BCUT2D eigenvalue weighted by atomic mass is 19.4. The Kier molecular flexibility index (Phi) is 8.69. The number of amides is 1. The number of rotatable bonds is 8. The van der Waals surface area contributed by atoms with Crippen LogP contribution in [0.3, 0.4) is 0 Å². The molecule has 1 amide bonds. The van der Waals surface area contributed by atoms with E-state index in [0.29, 0.717) is 24.6 Å². The summed E-state index contributed by atoms with van der Waals surface area (Å²) in [6.07, 6.45) is 2.47. The van der Waals surface area contributed by atoms with Gasteiger partial charge in [0.1, 0.15) is 11.4 Å². The van der Waals surface area contributed by atoms with E-state index in [1.165, 1.54) is 11.1 Å². The first-order chi connectivity index (χ1) is 19.3. The monoisotopic (exact) mass is 576 g/mol. The van der Waals surface area contributed by atoms with Crippen molar-refractivity contribution >= 4 is 17.6 Å². The van der Waals surface area contributed by atoms with Crippen molar-refractivity contribution in [1.29, 1.82) is 0 Å². The summed E-state index contributed by atoms with van der Waals surface area (Å²) in [4.78, 5) is 34.8. The van der Waals surface area contributed by atoms with E-state index in [-0.39, 0.29) is 29.5 Å². The number of benzene rings is 1. The molecule has 220 valence electrons. The molecule has 1 N–H and O–H groups in total. The number of carboxylic acid groups (broad SMARTS) is 1. The van der Waals surface area contributed by atoms with E-state index in [4.69, 9.17) is 4.74 Å². The third-order valence-corrected chi connectivity index (χ3v) is 7.36. The van der Waals surface area contributed by atoms with Gasteiger partial charge in [-0.1, -0.05) is 6.92 Å². The van der Waals surface area contributed by atoms with E-state index in [9.17, 15) is 27.9 Å². The number of anilines is 1. The van der Waals surface area contributed by atoms with Crippen molar-refractivity contribution in [3.8, 4) is 11.6 Å². The standard InChI is InChI=1S/C29H32F4N4O4/c1-16(2)37(27(38)19-7-5-17(3)6-8-19)23-14-22(30)24(13-20(23)28(39)40)41-26-21(29(31,32)33)11-18(15-35-26)12-25-34-9-10-36(25)4/h9-11,13-17,19H,5-8,12H2,1-4H3,(H,39,40). The number of hydrogen-bond acceptors (Lipinski definition) is 5. The van der Waals surface area contributed by atoms with Gasteiger partial charge >= 0.3 is 12.1 Å². The molecule has 2 heterocycles. The summed E-state index contributed by atoms with van der Waals surface area (Å²) in [7, 11) is 1.70. The highest BCUT2D eigenvalue weighted by molar-refractivity contribution is 6.03. The molecule has 3 aromatic rings. The third-order valence-electron chi connectivity index (χ3n) is 7.36. The van der Waals surface area contributed by atoms with Gasteiger partial charge in [-0.05, 0) is 57.1 Å². The summed E-state index contributed by atoms with van der Waals surface area (Å²) in [5, 5.41) is 9.95. The van der Waals surface area contributed by atoms with Gasteiger partial charge in [0.05, 0.1) is 11.3 Å². The first kappa shape index (κ1) is 30.0. The summed E-state index contributed by atoms with van der Waals surface area (Å²) < 4.78 is 64.2. The maximum atomic E-state index is 15.4. The molecule has 0 bridgehead atoms. The van der Waals surface area contributed by atoms with Gasteiger partial charge < -0.3 is 19.3 Å². The molecular weight excluding hydrogens is 544 g/mol. The fraction of sp³-hybridized carbons (Fsp3) is 0.448. The first-order valence-electron chi connectivity index (χ1n) is 13.4. The number of ether oxygens (including phenoxy) is 1. The number of carboxylic acids is 1. The third kappa shape index (κ3) is 6.68. The van der Waals surface area contributed by atoms with Crippen LogP contribution in [0.1, 0.15) is 73.8 Å². The number of aromatic nitrogens is 3. The van der Waals surface area contributed by atoms with Crippen molar-refractivity contribution in [2.45, 2.75) is 65.1 Å². The molecule has 4 rings (SSSR count). The lowest BCUT2D eigenvalue weighted by molar-refractivity contribution is -0.139. The molecule has 12 heteroatoms. The Bertz CT molecular complexity index is 1430. The number of alkyl halides is 3. The van der Waals surface area contributed by atoms with Gasteiger partial charge in [-0.2, -0.15) is 13.2 Å². The molecule has 1 saturated carbocycles. The molecule has 8 nitrogen and oxygen atoms in total. The van der Waals surface area contributed by atoms with E-state index in [1.807, 2.05) is 0 Å². The zero-order chi connectivity index (χ0) is 30.1. The van der Waals surface area contributed by atoms with Crippen LogP contribution in [0, 0.1) is 17.7 Å². The minimum Gasteiger partial charge on any atom is -0.478 e. The van der Waals surface area contributed by atoms with Crippen molar-refractivity contribution in [2.24, 2.45) is 18.9 Å². The first-order valence-corrected chi connectivity index (χ1v) is 13.4. The SMILES string of the molecule is CC1CCC(C(=O)N(c2cc(F)c(Oc3ncc(Cc4nccn4C)cc3C(F)(F)F)cc2C(=O)O)C(C)C)CC1. The smallest absolute Gasteiger partial charge is 0.421 e. The highest BCUT2D eigenvalue weighted by Crippen LogP contribution is 2.40. The number of carbonyl (C=O) groups is 2. The normalized spacial score (nSPS) is 17.5. The fourth-order valence-electron chi connectivity index (χ4n) is 5.08. The van der Waals surface area contributed by atoms with Gasteiger partial charge in [-0.15, -0.1) is 0 Å². The van der Waals surface area contributed by atoms with Gasteiger partial charge in [-0.25, -0.2) is 19.2 Å². The van der Waals surface area contributed by atoms with Crippen LogP contribution in [0.2, 0.25) is 0 Å². The molecule has 0 aliphatic heterocycles. The molecule has 1 fully saturated rings. The molecule has 2 aromatic heterocycles. The van der Waals surface area contributed by atoms with E-state index in [2.05, 4.69) is 16.9 Å². The highest BCUT2D eigenvalue weighted by Gasteiger charge is 2.37. The second-order valence-electron chi connectivity index (χ2n) is 10.8. The molecule has 41 heavy (non-hydrogen) atoms. The quantitative estimate of drug-likeness (QED) is 0.303. The Balaban J connectivity index is 1.70. The predicted molar refractivity (Wildman–Crippen MR) is 142 cm³/mol. The average molecular weight is 577 g/mol. The minimum absolute atomic E-state index is 0.0606. The van der Waals surface area contributed by atoms with E-state index in [1.54, 1.807) is 31.7 Å². The number of hydrogen-bond donors (Lipinski definition) is 1. The Labute approximate surface area is 235 Å². The second kappa shape index (κ2) is 11.9. The fourth-order valence-corrected chi connectivity index (χ4v) is 5.08. The summed E-state index contributed by atoms with van der Waals surface area (Å²) in [5.74, 6) is -3.98. The zero-order valence-electron chi connectivity index (χ0n) is 23.2. The van der Waals surface area contributed by atoms with E-state index < -0.39 is 46.8 Å². The topological polar surface area (TPSA) is 97.6 Å². The van der Waals surface area contributed by atoms with Crippen LogP contribution < -0.4 is 9.64 Å². The summed E-state index contributed by atoms with van der Waals surface area (Å²) in [5.41, 5.74) is -1.72. The molecule has 0 atom stereocenters. The molecular formula is C29H32F4N4O4. The van der Waals surface area contributed by atoms with Crippen LogP contribution in [0.5, 0.6) is 11.6 Å². The van der Waals surface area contributed by atoms with Crippen molar-refractivity contribution in [3.63, 3.8) is 0 Å². The Hall–Kier alpha value is -3.96. The molecule has 1 aliphatic rings. The Morgan fingerprint density at radius 1 is 1.15 bits per heavy atom. The van der Waals surface area contributed by atoms with Crippen LogP contribution in [-0.4, -0.2) is 37.6 Å². The van der Waals surface area contributed by atoms with Gasteiger partial charge in [0, 0.05) is 56.2 Å². The Morgan fingerprint density at radius 2 is 1.83 bits per heavy atom. The van der Waals surface area contributed by atoms with Crippen molar-refractivity contribution in [1.82, 2.24) is 14.5 Å². The number of carbonyl (C=O) groups excluding carboxylic acids is 1.